The predicted octanol–water partition coefficient (Wildman–Crippen LogP) is 3.07. The van der Waals surface area contributed by atoms with Crippen molar-refractivity contribution in [2.75, 3.05) is 22.5 Å². The molecule has 0 fully saturated rings. The molecule has 1 N–H and O–H groups in total. The van der Waals surface area contributed by atoms with Crippen LogP contribution in [-0.2, 0) is 20.7 Å². The number of carbonyl (C=O) groups is 4. The van der Waals surface area contributed by atoms with Crippen LogP contribution in [0.3, 0.4) is 0 Å². The molecular weight excluding hydrogens is 404 g/mol. The fourth-order valence-corrected chi connectivity index (χ4v) is 4.40. The number of ether oxygens (including phenoxy) is 1. The van der Waals surface area contributed by atoms with Crippen LogP contribution in [-0.4, -0.2) is 42.0 Å². The molecule has 0 saturated carbocycles. The van der Waals surface area contributed by atoms with E-state index in [0.717, 1.165) is 16.1 Å². The molecule has 2 aliphatic heterocycles. The van der Waals surface area contributed by atoms with Crippen LogP contribution in [0.2, 0.25) is 0 Å². The van der Waals surface area contributed by atoms with Crippen LogP contribution < -0.4 is 10.2 Å². The second-order valence-electron chi connectivity index (χ2n) is 7.22. The number of carbonyl (C=O) groups excluding carboxylic acids is 4. The topological polar surface area (TPSA) is 92.8 Å². The Hall–Kier alpha value is -3.13. The Morgan fingerprint density at radius 1 is 1.13 bits per heavy atom. The summed E-state index contributed by atoms with van der Waals surface area (Å²) < 4.78 is 5.38. The summed E-state index contributed by atoms with van der Waals surface area (Å²) in [7, 11) is 0. The van der Waals surface area contributed by atoms with Crippen LogP contribution in [0, 0.1) is 0 Å². The lowest BCUT2D eigenvalue weighted by atomic mass is 10.0. The second-order valence-corrected chi connectivity index (χ2v) is 8.24. The second kappa shape index (κ2) is 7.95. The summed E-state index contributed by atoms with van der Waals surface area (Å²) in [5.41, 5.74) is 3.02. The number of thioether (sulfide) groups is 1. The Balaban J connectivity index is 1.46. The summed E-state index contributed by atoms with van der Waals surface area (Å²) in [6.45, 7) is 3.64. The number of hydrogen-bond donors (Lipinski definition) is 1. The molecule has 2 aliphatic rings. The van der Waals surface area contributed by atoms with Crippen molar-refractivity contribution >= 4 is 46.7 Å². The first-order chi connectivity index (χ1) is 14.3. The molecule has 8 heteroatoms. The summed E-state index contributed by atoms with van der Waals surface area (Å²) in [4.78, 5) is 51.1. The van der Waals surface area contributed by atoms with Crippen LogP contribution in [0.5, 0.6) is 0 Å². The smallest absolute Gasteiger partial charge is 0.338 e. The van der Waals surface area contributed by atoms with Gasteiger partial charge in [0.2, 0.25) is 17.6 Å². The van der Waals surface area contributed by atoms with Crippen molar-refractivity contribution in [2.45, 2.75) is 31.3 Å². The van der Waals surface area contributed by atoms with Crippen molar-refractivity contribution in [3.8, 4) is 0 Å². The maximum absolute atomic E-state index is 12.8. The number of benzene rings is 2. The number of anilines is 2. The first kappa shape index (κ1) is 20.2. The molecule has 154 valence electrons. The average Bonchev–Trinajstić information content (AvgIpc) is 3.16. The molecule has 7 nitrogen and oxygen atoms in total. The van der Waals surface area contributed by atoms with E-state index in [1.807, 2.05) is 0 Å². The van der Waals surface area contributed by atoms with E-state index >= 15 is 0 Å². The number of esters is 1. The molecule has 4 rings (SSSR count). The average molecular weight is 424 g/mol. The van der Waals surface area contributed by atoms with Gasteiger partial charge in [0.25, 0.3) is 0 Å². The molecule has 0 spiro atoms. The van der Waals surface area contributed by atoms with Crippen LogP contribution in [0.1, 0.15) is 40.1 Å². The number of nitrogens with one attached hydrogen (secondary N) is 1. The number of rotatable bonds is 4. The molecule has 0 aromatic heterocycles. The lowest BCUT2D eigenvalue weighted by Crippen LogP contribution is -2.26. The quantitative estimate of drug-likeness (QED) is 0.599. The zero-order chi connectivity index (χ0) is 21.4. The summed E-state index contributed by atoms with van der Waals surface area (Å²) in [5, 5.41) is 2.73. The van der Waals surface area contributed by atoms with E-state index in [0.29, 0.717) is 30.0 Å². The Morgan fingerprint density at radius 3 is 2.67 bits per heavy atom. The normalized spacial score (nSPS) is 15.7. The third-order valence-electron chi connectivity index (χ3n) is 5.14. The van der Waals surface area contributed by atoms with Gasteiger partial charge in [-0.3, -0.25) is 14.4 Å². The van der Waals surface area contributed by atoms with Gasteiger partial charge in [-0.15, -0.1) is 11.8 Å². The van der Waals surface area contributed by atoms with E-state index in [1.54, 1.807) is 41.3 Å². The van der Waals surface area contributed by atoms with Crippen LogP contribution >= 0.6 is 11.8 Å². The van der Waals surface area contributed by atoms with Crippen molar-refractivity contribution in [3.63, 3.8) is 0 Å². The fraction of sp³-hybridized carbons (Fsp3) is 0.273. The van der Waals surface area contributed by atoms with Gasteiger partial charge in [-0.2, -0.15) is 0 Å². The molecule has 30 heavy (non-hydrogen) atoms. The number of nitrogens with zero attached hydrogens (tertiary/aromatic N) is 1. The maximum atomic E-state index is 12.8. The van der Waals surface area contributed by atoms with Gasteiger partial charge in [-0.1, -0.05) is 0 Å². The molecule has 2 heterocycles. The summed E-state index contributed by atoms with van der Waals surface area (Å²) in [6, 6.07) is 10.1. The van der Waals surface area contributed by atoms with E-state index in [-0.39, 0.29) is 23.2 Å². The SMILES string of the molecule is CC(=O)N1CCc2cc(C(=O)[C@@H](C)OC(=O)c3ccc4c(c3)NC(=O)CS4)ccc21. The number of Topliss-reactive ketones (excluding diaryl/α,β-unsaturated/α-hetero) is 1. The fourth-order valence-electron chi connectivity index (χ4n) is 3.61. The number of amides is 2. The summed E-state index contributed by atoms with van der Waals surface area (Å²) >= 11 is 1.40. The maximum Gasteiger partial charge on any atom is 0.338 e. The largest absolute Gasteiger partial charge is 0.451 e. The van der Waals surface area contributed by atoms with Gasteiger partial charge in [0.1, 0.15) is 0 Å². The minimum Gasteiger partial charge on any atom is -0.451 e. The zero-order valence-corrected chi connectivity index (χ0v) is 17.4. The lowest BCUT2D eigenvalue weighted by molar-refractivity contribution is -0.116. The first-order valence-electron chi connectivity index (χ1n) is 9.56. The standard InChI is InChI=1S/C22H20N2O5S/c1-12(21(27)15-3-5-18-14(9-15)7-8-24(18)13(2)25)29-22(28)16-4-6-19-17(10-16)23-20(26)11-30-19/h3-6,9-10,12H,7-8,11H2,1-2H3,(H,23,26)/t12-/m1/s1. The molecular formula is C22H20N2O5S. The molecule has 2 amide bonds. The first-order valence-corrected chi connectivity index (χ1v) is 10.5. The third kappa shape index (κ3) is 3.82. The van der Waals surface area contributed by atoms with E-state index in [1.165, 1.54) is 25.6 Å². The Bertz CT molecular complexity index is 1080. The molecule has 2 aromatic carbocycles. The molecule has 0 bridgehead atoms. The van der Waals surface area contributed by atoms with Gasteiger partial charge >= 0.3 is 5.97 Å². The van der Waals surface area contributed by atoms with Crippen molar-refractivity contribution < 1.29 is 23.9 Å². The van der Waals surface area contributed by atoms with E-state index in [2.05, 4.69) is 5.32 Å². The molecule has 1 atom stereocenters. The van der Waals surface area contributed by atoms with Crippen molar-refractivity contribution in [1.82, 2.24) is 0 Å². The van der Waals surface area contributed by atoms with Gasteiger partial charge in [0.15, 0.2) is 6.10 Å². The Labute approximate surface area is 177 Å². The van der Waals surface area contributed by atoms with Crippen LogP contribution in [0.15, 0.2) is 41.3 Å². The minimum absolute atomic E-state index is 0.0326. The Kier molecular flexibility index (Phi) is 5.34. The summed E-state index contributed by atoms with van der Waals surface area (Å²) in [6.07, 6.45) is -0.288. The lowest BCUT2D eigenvalue weighted by Gasteiger charge is -2.18. The van der Waals surface area contributed by atoms with Gasteiger partial charge in [-0.25, -0.2) is 4.79 Å². The molecule has 0 aliphatic carbocycles. The Morgan fingerprint density at radius 2 is 1.90 bits per heavy atom. The van der Waals surface area contributed by atoms with E-state index in [4.69, 9.17) is 4.74 Å². The van der Waals surface area contributed by atoms with Crippen molar-refractivity contribution in [2.24, 2.45) is 0 Å². The van der Waals surface area contributed by atoms with Gasteiger partial charge in [-0.05, 0) is 55.3 Å². The minimum atomic E-state index is -0.971. The van der Waals surface area contributed by atoms with Gasteiger partial charge in [0.05, 0.1) is 17.0 Å². The number of fused-ring (bicyclic) bond motifs is 2. The van der Waals surface area contributed by atoms with E-state index < -0.39 is 12.1 Å². The highest BCUT2D eigenvalue weighted by atomic mass is 32.2. The highest BCUT2D eigenvalue weighted by Gasteiger charge is 2.26. The molecule has 2 aromatic rings. The molecule has 0 radical (unpaired) electrons. The zero-order valence-electron chi connectivity index (χ0n) is 16.6. The van der Waals surface area contributed by atoms with Crippen molar-refractivity contribution in [3.05, 3.63) is 53.1 Å². The predicted molar refractivity (Wildman–Crippen MR) is 113 cm³/mol. The molecule has 0 saturated heterocycles. The van der Waals surface area contributed by atoms with Gasteiger partial charge in [0, 0.05) is 29.6 Å². The van der Waals surface area contributed by atoms with Crippen molar-refractivity contribution in [1.29, 1.82) is 0 Å². The summed E-state index contributed by atoms with van der Waals surface area (Å²) in [5.74, 6) is -0.759. The third-order valence-corrected chi connectivity index (χ3v) is 6.21. The van der Waals surface area contributed by atoms with Crippen LogP contribution in [0.4, 0.5) is 11.4 Å². The number of hydrogen-bond acceptors (Lipinski definition) is 6. The highest BCUT2D eigenvalue weighted by Crippen LogP contribution is 2.32. The molecule has 0 unspecified atom stereocenters. The number of ketones is 1. The monoisotopic (exact) mass is 424 g/mol. The van der Waals surface area contributed by atoms with E-state index in [9.17, 15) is 19.2 Å². The highest BCUT2D eigenvalue weighted by molar-refractivity contribution is 8.00. The van der Waals surface area contributed by atoms with Gasteiger partial charge < -0.3 is 15.0 Å². The van der Waals surface area contributed by atoms with Crippen LogP contribution in [0.25, 0.3) is 0 Å².